The molecule has 0 saturated carbocycles. The number of benzene rings is 1. The zero-order valence-corrected chi connectivity index (χ0v) is 11.9. The average molecular weight is 310 g/mol. The summed E-state index contributed by atoms with van der Waals surface area (Å²) in [5.74, 6) is -0.293. The quantitative estimate of drug-likeness (QED) is 0.752. The Morgan fingerprint density at radius 1 is 1.43 bits per heavy atom. The molecule has 2 heterocycles. The van der Waals surface area contributed by atoms with Gasteiger partial charge in [-0.3, -0.25) is 9.78 Å². The van der Waals surface area contributed by atoms with E-state index in [4.69, 9.17) is 5.73 Å². The van der Waals surface area contributed by atoms with Crippen LogP contribution in [0.15, 0.2) is 29.3 Å². The number of aryl methyl sites for hydroxylation is 1. The van der Waals surface area contributed by atoms with Crippen molar-refractivity contribution in [1.29, 1.82) is 0 Å². The molecule has 0 aliphatic carbocycles. The van der Waals surface area contributed by atoms with Crippen molar-refractivity contribution in [1.82, 2.24) is 19.5 Å². The Bertz CT molecular complexity index is 857. The third-order valence-corrected chi connectivity index (χ3v) is 3.04. The van der Waals surface area contributed by atoms with E-state index in [0.717, 1.165) is 5.56 Å². The fourth-order valence-corrected chi connectivity index (χ4v) is 2.05. The lowest BCUT2D eigenvalue weighted by molar-refractivity contribution is 0.600. The second kappa shape index (κ2) is 5.53. The molecule has 0 atom stereocenters. The van der Waals surface area contributed by atoms with Crippen LogP contribution in [0, 0.1) is 12.7 Å². The molecule has 110 valence electrons. The van der Waals surface area contributed by atoms with Crippen molar-refractivity contribution < 1.29 is 4.39 Å². The maximum absolute atomic E-state index is 13.9. The molecular formula is C13H13ClFN5O. The van der Waals surface area contributed by atoms with Crippen LogP contribution in [0.25, 0.3) is 11.2 Å². The molecule has 3 N–H and O–H groups in total. The number of nitrogens with two attached hydrogens (primary N) is 1. The molecule has 21 heavy (non-hydrogen) atoms. The highest BCUT2D eigenvalue weighted by atomic mass is 35.5. The lowest BCUT2D eigenvalue weighted by atomic mass is 10.1. The molecule has 0 amide bonds. The maximum atomic E-state index is 13.9. The Morgan fingerprint density at radius 3 is 2.90 bits per heavy atom. The molecule has 1 aromatic carbocycles. The molecule has 2 aromatic heterocycles. The number of rotatable bonds is 2. The number of H-pyrrole nitrogens is 1. The average Bonchev–Trinajstić information content (AvgIpc) is 2.76. The summed E-state index contributed by atoms with van der Waals surface area (Å²) in [4.78, 5) is 22.0. The molecule has 6 nitrogen and oxygen atoms in total. The van der Waals surface area contributed by atoms with Crippen LogP contribution in [0.5, 0.6) is 0 Å². The van der Waals surface area contributed by atoms with E-state index in [-0.39, 0.29) is 36.2 Å². The summed E-state index contributed by atoms with van der Waals surface area (Å²) in [6, 6.07) is 4.99. The Morgan fingerprint density at radius 2 is 2.19 bits per heavy atom. The van der Waals surface area contributed by atoms with Gasteiger partial charge in [-0.05, 0) is 18.6 Å². The van der Waals surface area contributed by atoms with Gasteiger partial charge in [0.15, 0.2) is 11.2 Å². The van der Waals surface area contributed by atoms with Gasteiger partial charge in [-0.1, -0.05) is 12.1 Å². The zero-order chi connectivity index (χ0) is 14.3. The van der Waals surface area contributed by atoms with Crippen LogP contribution < -0.4 is 11.3 Å². The van der Waals surface area contributed by atoms with Gasteiger partial charge in [0, 0.05) is 5.56 Å². The van der Waals surface area contributed by atoms with Gasteiger partial charge in [0.05, 0.1) is 12.9 Å². The summed E-state index contributed by atoms with van der Waals surface area (Å²) < 4.78 is 15.4. The molecule has 0 spiro atoms. The number of fused-ring (bicyclic) bond motifs is 1. The minimum absolute atomic E-state index is 0. The van der Waals surface area contributed by atoms with E-state index < -0.39 is 5.56 Å². The van der Waals surface area contributed by atoms with E-state index in [0.29, 0.717) is 11.2 Å². The van der Waals surface area contributed by atoms with Gasteiger partial charge in [-0.15, -0.1) is 12.4 Å². The van der Waals surface area contributed by atoms with Gasteiger partial charge in [0.25, 0.3) is 5.56 Å². The van der Waals surface area contributed by atoms with Crippen molar-refractivity contribution in [2.24, 2.45) is 0 Å². The van der Waals surface area contributed by atoms with Crippen LogP contribution in [0.1, 0.15) is 11.1 Å². The SMILES string of the molecule is Cc1ccc(Cn2cnc3c(=O)[nH]c(N)nc32)c(F)c1.Cl. The number of aromatic nitrogens is 4. The standard InChI is InChI=1S/C13H12FN5O.ClH/c1-7-2-3-8(9(14)4-7)5-19-6-16-10-11(19)17-13(15)18-12(10)20;/h2-4,6H,5H2,1H3,(H3,15,17,18,20);1H. The van der Waals surface area contributed by atoms with Crippen LogP contribution in [0.2, 0.25) is 0 Å². The summed E-state index contributed by atoms with van der Waals surface area (Å²) in [6.07, 6.45) is 1.45. The van der Waals surface area contributed by atoms with E-state index in [1.807, 2.05) is 13.0 Å². The van der Waals surface area contributed by atoms with Crippen LogP contribution in [-0.4, -0.2) is 19.5 Å². The number of nitrogens with zero attached hydrogens (tertiary/aromatic N) is 3. The van der Waals surface area contributed by atoms with Crippen molar-refractivity contribution in [2.75, 3.05) is 5.73 Å². The highest BCUT2D eigenvalue weighted by molar-refractivity contribution is 5.85. The zero-order valence-electron chi connectivity index (χ0n) is 11.1. The van der Waals surface area contributed by atoms with Crippen LogP contribution in [0.4, 0.5) is 10.3 Å². The number of hydrogen-bond acceptors (Lipinski definition) is 4. The lowest BCUT2D eigenvalue weighted by Crippen LogP contribution is -2.12. The molecule has 0 fully saturated rings. The van der Waals surface area contributed by atoms with E-state index in [2.05, 4.69) is 15.0 Å². The molecule has 0 radical (unpaired) electrons. The smallest absolute Gasteiger partial charge is 0.280 e. The van der Waals surface area contributed by atoms with Crippen molar-refractivity contribution in [3.63, 3.8) is 0 Å². The maximum Gasteiger partial charge on any atom is 0.280 e. The predicted octanol–water partition coefficient (Wildman–Crippen LogP) is 1.62. The largest absolute Gasteiger partial charge is 0.369 e. The molecular weight excluding hydrogens is 297 g/mol. The lowest BCUT2D eigenvalue weighted by Gasteiger charge is -2.06. The molecule has 0 bridgehead atoms. The van der Waals surface area contributed by atoms with Crippen LogP contribution in [0.3, 0.4) is 0 Å². The second-order valence-corrected chi connectivity index (χ2v) is 4.59. The Balaban J connectivity index is 0.00000161. The highest BCUT2D eigenvalue weighted by Gasteiger charge is 2.11. The minimum atomic E-state index is -0.407. The number of anilines is 1. The fraction of sp³-hybridized carbons (Fsp3) is 0.154. The van der Waals surface area contributed by atoms with E-state index in [1.54, 1.807) is 10.6 Å². The second-order valence-electron chi connectivity index (χ2n) is 4.59. The number of hydrogen-bond donors (Lipinski definition) is 2. The predicted molar refractivity (Wildman–Crippen MR) is 80.0 cm³/mol. The first-order valence-corrected chi connectivity index (χ1v) is 6.00. The van der Waals surface area contributed by atoms with Gasteiger partial charge in [0.1, 0.15) is 5.82 Å². The summed E-state index contributed by atoms with van der Waals surface area (Å²) in [5, 5.41) is 0. The summed E-state index contributed by atoms with van der Waals surface area (Å²) in [6.45, 7) is 2.06. The Labute approximate surface area is 125 Å². The van der Waals surface area contributed by atoms with Crippen molar-refractivity contribution in [3.8, 4) is 0 Å². The first-order valence-electron chi connectivity index (χ1n) is 6.00. The van der Waals surface area contributed by atoms with Gasteiger partial charge in [-0.2, -0.15) is 4.98 Å². The molecule has 0 unspecified atom stereocenters. The van der Waals surface area contributed by atoms with Gasteiger partial charge in [-0.25, -0.2) is 9.37 Å². The molecule has 0 aliphatic heterocycles. The van der Waals surface area contributed by atoms with E-state index >= 15 is 0 Å². The first-order chi connectivity index (χ1) is 9.54. The van der Waals surface area contributed by atoms with Gasteiger partial charge < -0.3 is 10.3 Å². The first kappa shape index (κ1) is 15.0. The summed E-state index contributed by atoms with van der Waals surface area (Å²) in [7, 11) is 0. The topological polar surface area (TPSA) is 89.6 Å². The van der Waals surface area contributed by atoms with Crippen LogP contribution in [-0.2, 0) is 6.54 Å². The summed E-state index contributed by atoms with van der Waals surface area (Å²) >= 11 is 0. The van der Waals surface area contributed by atoms with Crippen molar-refractivity contribution >= 4 is 29.5 Å². The molecule has 0 aliphatic rings. The number of aromatic amines is 1. The number of halogens is 2. The van der Waals surface area contributed by atoms with Gasteiger partial charge in [0.2, 0.25) is 5.95 Å². The van der Waals surface area contributed by atoms with Gasteiger partial charge >= 0.3 is 0 Å². The highest BCUT2D eigenvalue weighted by Crippen LogP contribution is 2.14. The molecule has 3 rings (SSSR count). The molecule has 3 aromatic rings. The Kier molecular flexibility index (Phi) is 3.95. The Hall–Kier alpha value is -2.41. The third-order valence-electron chi connectivity index (χ3n) is 3.04. The number of nitrogen functional groups attached to an aromatic ring is 1. The number of nitrogens with one attached hydrogen (secondary N) is 1. The minimum Gasteiger partial charge on any atom is -0.369 e. The normalized spacial score (nSPS) is 10.6. The third kappa shape index (κ3) is 2.73. The summed E-state index contributed by atoms with van der Waals surface area (Å²) in [5.41, 5.74) is 6.98. The van der Waals surface area contributed by atoms with E-state index in [9.17, 15) is 9.18 Å². The number of imidazole rings is 1. The monoisotopic (exact) mass is 309 g/mol. The van der Waals surface area contributed by atoms with Crippen LogP contribution >= 0.6 is 12.4 Å². The van der Waals surface area contributed by atoms with Crippen molar-refractivity contribution in [2.45, 2.75) is 13.5 Å². The molecule has 8 heteroatoms. The van der Waals surface area contributed by atoms with E-state index in [1.165, 1.54) is 12.4 Å². The van der Waals surface area contributed by atoms with Crippen molar-refractivity contribution in [3.05, 3.63) is 51.8 Å². The molecule has 0 saturated heterocycles. The fourth-order valence-electron chi connectivity index (χ4n) is 2.05.